The lowest BCUT2D eigenvalue weighted by Crippen LogP contribution is -2.38. The van der Waals surface area contributed by atoms with Crippen molar-refractivity contribution in [2.45, 2.75) is 25.7 Å². The Morgan fingerprint density at radius 2 is 1.71 bits per heavy atom. The molecule has 1 aliphatic heterocycles. The second-order valence-corrected chi connectivity index (χ2v) is 8.12. The van der Waals surface area contributed by atoms with Crippen molar-refractivity contribution in [1.29, 1.82) is 0 Å². The largest absolute Gasteiger partial charge is 0.497 e. The average molecular weight is 418 g/mol. The van der Waals surface area contributed by atoms with Crippen LogP contribution in [0.3, 0.4) is 0 Å². The van der Waals surface area contributed by atoms with Gasteiger partial charge < -0.3 is 23.8 Å². The van der Waals surface area contributed by atoms with Crippen LogP contribution in [0.15, 0.2) is 47.0 Å². The van der Waals surface area contributed by atoms with Crippen LogP contribution < -0.4 is 9.47 Å². The third-order valence-electron chi connectivity index (χ3n) is 6.43. The Balaban J connectivity index is 1.37. The van der Waals surface area contributed by atoms with E-state index >= 15 is 0 Å². The third-order valence-corrected chi connectivity index (χ3v) is 6.43. The normalized spacial score (nSPS) is 15.0. The summed E-state index contributed by atoms with van der Waals surface area (Å²) in [5.74, 6) is 2.67. The van der Waals surface area contributed by atoms with Gasteiger partial charge in [-0.1, -0.05) is 0 Å². The smallest absolute Gasteiger partial charge is 0.258 e. The van der Waals surface area contributed by atoms with Gasteiger partial charge in [0.25, 0.3) is 5.91 Å². The number of aromatic nitrogens is 1. The van der Waals surface area contributed by atoms with Gasteiger partial charge in [-0.05, 0) is 67.6 Å². The summed E-state index contributed by atoms with van der Waals surface area (Å²) in [5.41, 5.74) is 3.77. The number of aromatic amines is 1. The van der Waals surface area contributed by atoms with E-state index in [0.29, 0.717) is 22.8 Å². The van der Waals surface area contributed by atoms with Crippen LogP contribution in [0.2, 0.25) is 0 Å². The minimum absolute atomic E-state index is 0.0311. The fourth-order valence-electron chi connectivity index (χ4n) is 4.73. The van der Waals surface area contributed by atoms with Gasteiger partial charge in [-0.15, -0.1) is 0 Å². The minimum atomic E-state index is 0.0311. The van der Waals surface area contributed by atoms with E-state index in [1.54, 1.807) is 14.2 Å². The number of H-pyrrole nitrogens is 1. The van der Waals surface area contributed by atoms with E-state index in [1.807, 2.05) is 36.1 Å². The molecular weight excluding hydrogens is 392 g/mol. The molecule has 0 aliphatic carbocycles. The van der Waals surface area contributed by atoms with Gasteiger partial charge in [-0.2, -0.15) is 0 Å². The molecule has 0 atom stereocenters. The summed E-state index contributed by atoms with van der Waals surface area (Å²) in [6.07, 6.45) is 3.95. The average Bonchev–Trinajstić information content (AvgIpc) is 3.37. The molecule has 0 unspecified atom stereocenters. The molecule has 0 saturated carbocycles. The number of hydrogen-bond acceptors (Lipinski definition) is 4. The number of rotatable bonds is 4. The molecule has 1 saturated heterocycles. The Labute approximate surface area is 180 Å². The van der Waals surface area contributed by atoms with Gasteiger partial charge in [0.15, 0.2) is 0 Å². The Hall–Kier alpha value is -3.41. The molecule has 6 heteroatoms. The van der Waals surface area contributed by atoms with Crippen LogP contribution in [-0.4, -0.2) is 43.1 Å². The summed E-state index contributed by atoms with van der Waals surface area (Å²) in [6, 6.07) is 11.7. The number of amides is 1. The monoisotopic (exact) mass is 418 g/mol. The summed E-state index contributed by atoms with van der Waals surface area (Å²) in [6.45, 7) is 3.29. The number of carbonyl (C=O) groups is 1. The van der Waals surface area contributed by atoms with Gasteiger partial charge in [0.2, 0.25) is 0 Å². The Morgan fingerprint density at radius 3 is 2.42 bits per heavy atom. The van der Waals surface area contributed by atoms with E-state index in [0.717, 1.165) is 48.3 Å². The number of ether oxygens (including phenoxy) is 2. The lowest BCUT2D eigenvalue weighted by atomic mass is 9.89. The number of hydrogen-bond donors (Lipinski definition) is 1. The highest BCUT2D eigenvalue weighted by Crippen LogP contribution is 2.36. The first kappa shape index (κ1) is 19.5. The Morgan fingerprint density at radius 1 is 1.03 bits per heavy atom. The molecule has 1 N–H and O–H groups in total. The van der Waals surface area contributed by atoms with Crippen molar-refractivity contribution >= 4 is 27.8 Å². The second kappa shape index (κ2) is 7.69. The molecule has 1 amide bonds. The summed E-state index contributed by atoms with van der Waals surface area (Å²) < 4.78 is 16.6. The molecule has 2 aromatic heterocycles. The van der Waals surface area contributed by atoms with Crippen LogP contribution in [0.1, 0.15) is 40.4 Å². The molecule has 5 rings (SSSR count). The van der Waals surface area contributed by atoms with Gasteiger partial charge in [-0.3, -0.25) is 4.79 Å². The van der Waals surface area contributed by atoms with E-state index in [-0.39, 0.29) is 5.91 Å². The molecule has 0 bridgehead atoms. The quantitative estimate of drug-likeness (QED) is 0.491. The molecular formula is C25H26N2O4. The zero-order valence-corrected chi connectivity index (χ0v) is 18.0. The number of fused-ring (bicyclic) bond motifs is 2. The molecule has 3 heterocycles. The number of benzene rings is 2. The first-order valence-electron chi connectivity index (χ1n) is 10.6. The summed E-state index contributed by atoms with van der Waals surface area (Å²) >= 11 is 0. The third kappa shape index (κ3) is 3.32. The van der Waals surface area contributed by atoms with E-state index in [2.05, 4.69) is 23.3 Å². The molecule has 31 heavy (non-hydrogen) atoms. The molecule has 160 valence electrons. The van der Waals surface area contributed by atoms with Crippen molar-refractivity contribution in [1.82, 2.24) is 9.88 Å². The van der Waals surface area contributed by atoms with Crippen LogP contribution >= 0.6 is 0 Å². The number of aryl methyl sites for hydroxylation is 1. The highest BCUT2D eigenvalue weighted by Gasteiger charge is 2.29. The Bertz CT molecular complexity index is 1260. The zero-order chi connectivity index (χ0) is 21.5. The molecule has 1 aliphatic rings. The predicted octanol–water partition coefficient (Wildman–Crippen LogP) is 5.26. The van der Waals surface area contributed by atoms with Crippen molar-refractivity contribution in [3.05, 3.63) is 59.5 Å². The van der Waals surface area contributed by atoms with Crippen molar-refractivity contribution in [2.24, 2.45) is 0 Å². The number of nitrogens with zero attached hydrogens (tertiary/aromatic N) is 1. The van der Waals surface area contributed by atoms with Crippen molar-refractivity contribution in [2.75, 3.05) is 27.3 Å². The topological polar surface area (TPSA) is 67.7 Å². The summed E-state index contributed by atoms with van der Waals surface area (Å²) in [4.78, 5) is 18.7. The van der Waals surface area contributed by atoms with Crippen molar-refractivity contribution in [3.63, 3.8) is 0 Å². The summed E-state index contributed by atoms with van der Waals surface area (Å²) in [5, 5.41) is 2.01. The van der Waals surface area contributed by atoms with Crippen molar-refractivity contribution < 1.29 is 18.7 Å². The molecule has 0 radical (unpaired) electrons. The van der Waals surface area contributed by atoms with Gasteiger partial charge in [0.1, 0.15) is 22.8 Å². The van der Waals surface area contributed by atoms with Crippen LogP contribution in [0, 0.1) is 6.92 Å². The maximum atomic E-state index is 13.4. The van der Waals surface area contributed by atoms with Crippen LogP contribution in [0.25, 0.3) is 21.9 Å². The highest BCUT2D eigenvalue weighted by molar-refractivity contribution is 6.07. The molecule has 2 aromatic carbocycles. The molecule has 4 aromatic rings. The van der Waals surface area contributed by atoms with E-state index in [9.17, 15) is 4.79 Å². The number of piperidine rings is 1. The number of nitrogens with one attached hydrogen (secondary N) is 1. The van der Waals surface area contributed by atoms with Gasteiger partial charge in [-0.25, -0.2) is 0 Å². The lowest BCUT2D eigenvalue weighted by molar-refractivity contribution is 0.0713. The number of methoxy groups -OCH3 is 2. The van der Waals surface area contributed by atoms with Gasteiger partial charge >= 0.3 is 0 Å². The zero-order valence-electron chi connectivity index (χ0n) is 18.0. The van der Waals surface area contributed by atoms with Crippen LogP contribution in [0.5, 0.6) is 11.5 Å². The van der Waals surface area contributed by atoms with Crippen LogP contribution in [-0.2, 0) is 0 Å². The first-order chi connectivity index (χ1) is 15.1. The van der Waals surface area contributed by atoms with Gasteiger partial charge in [0.05, 0.1) is 19.8 Å². The Kier molecular flexibility index (Phi) is 4.85. The standard InChI is InChI=1S/C25H26N2O4/c1-15-24(20-13-18(30-3)5-7-23(20)31-15)25(28)27-10-8-16(9-11-27)21-14-26-22-6-4-17(29-2)12-19(21)22/h4-7,12-14,16,26H,8-11H2,1-3H3. The predicted molar refractivity (Wildman–Crippen MR) is 120 cm³/mol. The fourth-order valence-corrected chi connectivity index (χ4v) is 4.73. The summed E-state index contributed by atoms with van der Waals surface area (Å²) in [7, 11) is 3.31. The molecule has 1 fully saturated rings. The first-order valence-corrected chi connectivity index (χ1v) is 10.6. The number of carbonyl (C=O) groups excluding carboxylic acids is 1. The highest BCUT2D eigenvalue weighted by atomic mass is 16.5. The van der Waals surface area contributed by atoms with E-state index < -0.39 is 0 Å². The van der Waals surface area contributed by atoms with Crippen molar-refractivity contribution in [3.8, 4) is 11.5 Å². The minimum Gasteiger partial charge on any atom is -0.497 e. The van der Waals surface area contributed by atoms with E-state index in [4.69, 9.17) is 13.9 Å². The number of furan rings is 1. The fraction of sp³-hybridized carbons (Fsp3) is 0.320. The van der Waals surface area contributed by atoms with Gasteiger partial charge in [0, 0.05) is 35.6 Å². The number of likely N-dealkylation sites (tertiary alicyclic amines) is 1. The lowest BCUT2D eigenvalue weighted by Gasteiger charge is -2.32. The maximum Gasteiger partial charge on any atom is 0.258 e. The molecule has 0 spiro atoms. The molecule has 6 nitrogen and oxygen atoms in total. The second-order valence-electron chi connectivity index (χ2n) is 8.12. The van der Waals surface area contributed by atoms with E-state index in [1.165, 1.54) is 10.9 Å². The SMILES string of the molecule is COc1ccc2[nH]cc(C3CCN(C(=O)c4c(C)oc5ccc(OC)cc45)CC3)c2c1. The van der Waals surface area contributed by atoms with Crippen LogP contribution in [0.4, 0.5) is 0 Å². The maximum absolute atomic E-state index is 13.4.